The van der Waals surface area contributed by atoms with Crippen LogP contribution in [-0.4, -0.2) is 39.1 Å². The Morgan fingerprint density at radius 2 is 2.00 bits per heavy atom. The molecule has 12 nitrogen and oxygen atoms in total. The van der Waals surface area contributed by atoms with Crippen LogP contribution < -0.4 is 25.2 Å². The topological polar surface area (TPSA) is 159 Å². The minimum Gasteiger partial charge on any atom is -0.496 e. The van der Waals surface area contributed by atoms with E-state index in [1.165, 1.54) is 36.0 Å². The van der Waals surface area contributed by atoms with Crippen molar-refractivity contribution in [3.63, 3.8) is 0 Å². The molecular formula is C29H24BrN5O7S2. The molecular weight excluding hydrogens is 674 g/mol. The number of nitrogens with one attached hydrogen (secondary N) is 1. The zero-order chi connectivity index (χ0) is 31.7. The summed E-state index contributed by atoms with van der Waals surface area (Å²) in [5.41, 5.74) is 0.975. The number of rotatable bonds is 8. The van der Waals surface area contributed by atoms with E-state index in [1.54, 1.807) is 45.0 Å². The number of hydrogen-bond acceptors (Lipinski definition) is 11. The van der Waals surface area contributed by atoms with Gasteiger partial charge < -0.3 is 14.5 Å². The van der Waals surface area contributed by atoms with Gasteiger partial charge in [0.2, 0.25) is 0 Å². The fourth-order valence-corrected chi connectivity index (χ4v) is 7.06. The smallest absolute Gasteiger partial charge is 0.338 e. The number of benzene rings is 2. The van der Waals surface area contributed by atoms with Crippen LogP contribution in [0.2, 0.25) is 0 Å². The minimum absolute atomic E-state index is 0.130. The lowest BCUT2D eigenvalue weighted by atomic mass is 9.95. The van der Waals surface area contributed by atoms with Crippen LogP contribution in [0.5, 0.6) is 5.75 Å². The van der Waals surface area contributed by atoms with E-state index in [1.807, 2.05) is 0 Å². The molecule has 2 aromatic carbocycles. The number of H-pyrrole nitrogens is 1. The normalized spacial score (nSPS) is 14.7. The maximum Gasteiger partial charge on any atom is 0.338 e. The molecule has 0 bridgehead atoms. The zero-order valence-electron chi connectivity index (χ0n) is 23.7. The zero-order valence-corrected chi connectivity index (χ0v) is 27.0. The van der Waals surface area contributed by atoms with Crippen LogP contribution in [-0.2, 0) is 9.53 Å². The van der Waals surface area contributed by atoms with Crippen molar-refractivity contribution in [3.05, 3.63) is 115 Å². The number of carbonyl (C=O) groups is 1. The molecule has 0 radical (unpaired) electrons. The van der Waals surface area contributed by atoms with Gasteiger partial charge >= 0.3 is 5.97 Å². The first-order chi connectivity index (χ1) is 21.0. The van der Waals surface area contributed by atoms with Gasteiger partial charge in [0.25, 0.3) is 16.8 Å². The number of nitrogens with zero attached hydrogens (tertiary/aromatic N) is 4. The minimum atomic E-state index is -0.906. The van der Waals surface area contributed by atoms with Crippen molar-refractivity contribution in [1.82, 2.24) is 14.5 Å². The van der Waals surface area contributed by atoms with Gasteiger partial charge in [0.1, 0.15) is 11.8 Å². The molecule has 5 rings (SSSR count). The molecule has 3 heterocycles. The van der Waals surface area contributed by atoms with Crippen LogP contribution in [0.15, 0.2) is 82.8 Å². The van der Waals surface area contributed by atoms with Crippen molar-refractivity contribution in [2.75, 3.05) is 13.7 Å². The molecule has 1 atom stereocenters. The number of aromatic amines is 1. The Kier molecular flexibility index (Phi) is 8.99. The van der Waals surface area contributed by atoms with E-state index >= 15 is 0 Å². The summed E-state index contributed by atoms with van der Waals surface area (Å²) in [6.45, 7) is 5.15. The molecule has 0 amide bonds. The van der Waals surface area contributed by atoms with Gasteiger partial charge in [-0.3, -0.25) is 24.3 Å². The summed E-state index contributed by atoms with van der Waals surface area (Å²) in [5.74, 6) is -0.152. The number of nitro benzene ring substituents is 1. The van der Waals surface area contributed by atoms with Crippen molar-refractivity contribution in [2.45, 2.75) is 36.9 Å². The Morgan fingerprint density at radius 1 is 1.23 bits per heavy atom. The first-order valence-electron chi connectivity index (χ1n) is 13.1. The molecule has 1 aliphatic heterocycles. The van der Waals surface area contributed by atoms with Gasteiger partial charge in [0, 0.05) is 27.9 Å². The highest BCUT2D eigenvalue weighted by Gasteiger charge is 2.35. The average Bonchev–Trinajstić information content (AvgIpc) is 3.26. The fraction of sp³-hybridized carbons (Fsp3) is 0.207. The van der Waals surface area contributed by atoms with Gasteiger partial charge in [-0.25, -0.2) is 14.8 Å². The largest absolute Gasteiger partial charge is 0.496 e. The lowest BCUT2D eigenvalue weighted by molar-refractivity contribution is -0.387. The molecule has 0 saturated heterocycles. The molecule has 1 aliphatic rings. The van der Waals surface area contributed by atoms with E-state index in [0.717, 1.165) is 23.1 Å². The summed E-state index contributed by atoms with van der Waals surface area (Å²) in [6, 6.07) is 10.2. The third kappa shape index (κ3) is 6.16. The highest BCUT2D eigenvalue weighted by atomic mass is 79.9. The number of nitro groups is 1. The van der Waals surface area contributed by atoms with E-state index in [-0.39, 0.29) is 38.0 Å². The van der Waals surface area contributed by atoms with Crippen molar-refractivity contribution in [2.24, 2.45) is 4.99 Å². The maximum atomic E-state index is 14.0. The predicted octanol–water partition coefficient (Wildman–Crippen LogP) is 4.02. The number of fused-ring (bicyclic) bond motifs is 1. The van der Waals surface area contributed by atoms with Crippen LogP contribution in [0.25, 0.3) is 6.08 Å². The van der Waals surface area contributed by atoms with Crippen molar-refractivity contribution in [3.8, 4) is 5.75 Å². The standard InChI is InChI=1S/C29H24BrN5O7S2/c1-5-42-27(38)24-15(3)32-29-34(25(24)18-13-17(30)7-8-20(18)41-4)26(37)22(44-29)12-16-6-9-21(19(11-16)35(39)40)43-28-31-14(2)10-23(36)33-28/h6-13,25H,5H2,1-4H3,(H,31,33,36)/b22-12-/t25-/m1/s1. The van der Waals surface area contributed by atoms with Crippen molar-refractivity contribution < 1.29 is 19.2 Å². The SMILES string of the molecule is CCOC(=O)C1=C(C)N=c2s/c(=C\c3ccc(Sc4nc(C)cc(=O)[nH]4)c([N+](=O)[O-])c3)c(=O)n2[C@@H]1c1cc(Br)ccc1OC. The Labute approximate surface area is 266 Å². The Bertz CT molecular complexity index is 2100. The summed E-state index contributed by atoms with van der Waals surface area (Å²) in [7, 11) is 1.50. The van der Waals surface area contributed by atoms with Gasteiger partial charge in [-0.1, -0.05) is 33.3 Å². The van der Waals surface area contributed by atoms with Gasteiger partial charge in [-0.05, 0) is 68.4 Å². The summed E-state index contributed by atoms with van der Waals surface area (Å²) in [6.07, 6.45) is 1.54. The molecule has 0 fully saturated rings. The number of carbonyl (C=O) groups excluding carboxylic acids is 1. The molecule has 4 aromatic rings. The van der Waals surface area contributed by atoms with Crippen LogP contribution in [0.3, 0.4) is 0 Å². The Balaban J connectivity index is 1.66. The second kappa shape index (κ2) is 12.7. The van der Waals surface area contributed by atoms with Crippen LogP contribution in [0.1, 0.15) is 36.7 Å². The lowest BCUT2D eigenvalue weighted by Gasteiger charge is -2.26. The number of ether oxygens (including phenoxy) is 2. The van der Waals surface area contributed by atoms with Gasteiger partial charge in [0.15, 0.2) is 9.96 Å². The Hall–Kier alpha value is -4.34. The summed E-state index contributed by atoms with van der Waals surface area (Å²) < 4.78 is 13.3. The van der Waals surface area contributed by atoms with E-state index in [2.05, 4.69) is 30.9 Å². The molecule has 1 N–H and O–H groups in total. The number of esters is 1. The first-order valence-corrected chi connectivity index (χ1v) is 15.5. The predicted molar refractivity (Wildman–Crippen MR) is 168 cm³/mol. The van der Waals surface area contributed by atoms with Crippen LogP contribution in [0.4, 0.5) is 5.69 Å². The second-order valence-corrected chi connectivity index (χ2v) is 12.4. The Morgan fingerprint density at radius 3 is 2.68 bits per heavy atom. The summed E-state index contributed by atoms with van der Waals surface area (Å²) in [5, 5.41) is 12.2. The number of aromatic nitrogens is 3. The highest BCUT2D eigenvalue weighted by Crippen LogP contribution is 2.37. The average molecular weight is 699 g/mol. The summed E-state index contributed by atoms with van der Waals surface area (Å²) >= 11 is 5.52. The van der Waals surface area contributed by atoms with Gasteiger partial charge in [-0.2, -0.15) is 0 Å². The van der Waals surface area contributed by atoms with E-state index < -0.39 is 22.5 Å². The molecule has 0 saturated carbocycles. The fourth-order valence-electron chi connectivity index (χ4n) is 4.71. The van der Waals surface area contributed by atoms with E-state index in [4.69, 9.17) is 9.47 Å². The molecule has 0 spiro atoms. The molecule has 44 heavy (non-hydrogen) atoms. The number of halogens is 1. The molecule has 15 heteroatoms. The van der Waals surface area contributed by atoms with Crippen molar-refractivity contribution >= 4 is 56.8 Å². The molecule has 226 valence electrons. The number of thiazole rings is 1. The number of allylic oxidation sites excluding steroid dienone is 1. The summed E-state index contributed by atoms with van der Waals surface area (Å²) in [4.78, 5) is 62.5. The highest BCUT2D eigenvalue weighted by molar-refractivity contribution is 9.10. The third-order valence-electron chi connectivity index (χ3n) is 6.54. The molecule has 0 unspecified atom stereocenters. The van der Waals surface area contributed by atoms with E-state index in [0.29, 0.717) is 37.5 Å². The number of aryl methyl sites for hydroxylation is 1. The van der Waals surface area contributed by atoms with Crippen LogP contribution >= 0.6 is 39.0 Å². The maximum absolute atomic E-state index is 14.0. The first kappa shape index (κ1) is 31.1. The van der Waals surface area contributed by atoms with Crippen molar-refractivity contribution in [1.29, 1.82) is 0 Å². The monoisotopic (exact) mass is 697 g/mol. The van der Waals surface area contributed by atoms with Gasteiger partial charge in [0.05, 0.1) is 39.3 Å². The van der Waals surface area contributed by atoms with Gasteiger partial charge in [-0.15, -0.1) is 0 Å². The van der Waals surface area contributed by atoms with E-state index in [9.17, 15) is 24.5 Å². The molecule has 2 aromatic heterocycles. The lowest BCUT2D eigenvalue weighted by Crippen LogP contribution is -2.40. The second-order valence-electron chi connectivity index (χ2n) is 9.47. The van der Waals surface area contributed by atoms with Crippen LogP contribution in [0, 0.1) is 17.0 Å². The number of hydrogen-bond donors (Lipinski definition) is 1. The quantitative estimate of drug-likeness (QED) is 0.124. The molecule has 0 aliphatic carbocycles. The number of methoxy groups -OCH3 is 1. The third-order valence-corrected chi connectivity index (χ3v) is 8.96.